The number of nitrogens with one attached hydrogen (secondary N) is 1. The zero-order chi connectivity index (χ0) is 18.6. The number of benzene rings is 2. The Bertz CT molecular complexity index is 854. The molecule has 0 fully saturated rings. The highest BCUT2D eigenvalue weighted by Gasteiger charge is 2.18. The number of esters is 1. The molecule has 0 aliphatic carbocycles. The lowest BCUT2D eigenvalue weighted by Crippen LogP contribution is -2.21. The molecule has 0 bridgehead atoms. The minimum atomic E-state index is -0.878. The first-order valence-electron chi connectivity index (χ1n) is 6.95. The Labute approximate surface area is 152 Å². The van der Waals surface area contributed by atoms with E-state index in [-0.39, 0.29) is 10.6 Å². The maximum absolute atomic E-state index is 11.9. The molecule has 1 amide bonds. The Balaban J connectivity index is 1.97. The van der Waals surface area contributed by atoms with E-state index < -0.39 is 29.1 Å². The summed E-state index contributed by atoms with van der Waals surface area (Å²) in [6.07, 6.45) is 0. The van der Waals surface area contributed by atoms with E-state index in [2.05, 4.69) is 5.32 Å². The van der Waals surface area contributed by atoms with E-state index in [0.717, 1.165) is 11.6 Å². The summed E-state index contributed by atoms with van der Waals surface area (Å²) < 4.78 is 4.84. The molecular formula is C16H12Cl2N2O5. The van der Waals surface area contributed by atoms with Gasteiger partial charge in [0, 0.05) is 16.8 Å². The van der Waals surface area contributed by atoms with Crippen LogP contribution in [0.15, 0.2) is 36.4 Å². The summed E-state index contributed by atoms with van der Waals surface area (Å²) in [5.74, 6) is -1.45. The summed E-state index contributed by atoms with van der Waals surface area (Å²) >= 11 is 11.6. The number of aryl methyl sites for hydroxylation is 1. The number of rotatable bonds is 5. The van der Waals surface area contributed by atoms with Gasteiger partial charge < -0.3 is 10.1 Å². The summed E-state index contributed by atoms with van der Waals surface area (Å²) in [5, 5.41) is 13.7. The van der Waals surface area contributed by atoms with Gasteiger partial charge in [0.05, 0.1) is 10.5 Å². The first kappa shape index (κ1) is 18.7. The van der Waals surface area contributed by atoms with Gasteiger partial charge in [-0.25, -0.2) is 4.79 Å². The quantitative estimate of drug-likeness (QED) is 0.478. The van der Waals surface area contributed by atoms with Gasteiger partial charge in [-0.3, -0.25) is 14.9 Å². The van der Waals surface area contributed by atoms with E-state index in [9.17, 15) is 19.7 Å². The van der Waals surface area contributed by atoms with Crippen molar-refractivity contribution in [3.63, 3.8) is 0 Å². The highest BCUT2D eigenvalue weighted by Crippen LogP contribution is 2.25. The smallest absolute Gasteiger partial charge is 0.338 e. The van der Waals surface area contributed by atoms with Gasteiger partial charge in [0.15, 0.2) is 6.61 Å². The molecule has 2 rings (SSSR count). The van der Waals surface area contributed by atoms with Crippen LogP contribution in [0.5, 0.6) is 0 Å². The molecule has 7 nitrogen and oxygen atoms in total. The third kappa shape index (κ3) is 4.91. The van der Waals surface area contributed by atoms with Crippen LogP contribution in [0.2, 0.25) is 10.0 Å². The molecule has 130 valence electrons. The minimum Gasteiger partial charge on any atom is -0.452 e. The van der Waals surface area contributed by atoms with Crippen molar-refractivity contribution in [2.75, 3.05) is 11.9 Å². The van der Waals surface area contributed by atoms with Crippen molar-refractivity contribution >= 4 is 46.5 Å². The Hall–Kier alpha value is -2.64. The molecule has 0 aromatic heterocycles. The number of carbonyl (C=O) groups is 2. The molecule has 0 spiro atoms. The number of hydrogen-bond donors (Lipinski definition) is 1. The lowest BCUT2D eigenvalue weighted by atomic mass is 10.2. The van der Waals surface area contributed by atoms with Crippen molar-refractivity contribution in [1.82, 2.24) is 0 Å². The van der Waals surface area contributed by atoms with Gasteiger partial charge in [0.2, 0.25) is 0 Å². The molecule has 9 heteroatoms. The topological polar surface area (TPSA) is 98.5 Å². The molecule has 0 aliphatic rings. The maximum Gasteiger partial charge on any atom is 0.338 e. The second-order valence-electron chi connectivity index (χ2n) is 5.01. The van der Waals surface area contributed by atoms with Crippen LogP contribution < -0.4 is 5.32 Å². The van der Waals surface area contributed by atoms with Crippen molar-refractivity contribution in [2.45, 2.75) is 6.92 Å². The second-order valence-corrected chi connectivity index (χ2v) is 5.83. The Morgan fingerprint density at radius 3 is 2.52 bits per heavy atom. The molecule has 1 N–H and O–H groups in total. The summed E-state index contributed by atoms with van der Waals surface area (Å²) in [5.41, 5.74) is 0.811. The van der Waals surface area contributed by atoms with Crippen LogP contribution in [0.1, 0.15) is 15.9 Å². The number of halogens is 2. The van der Waals surface area contributed by atoms with E-state index >= 15 is 0 Å². The van der Waals surface area contributed by atoms with Crippen LogP contribution in [0.4, 0.5) is 11.4 Å². The lowest BCUT2D eigenvalue weighted by molar-refractivity contribution is -0.384. The monoisotopic (exact) mass is 382 g/mol. The maximum atomic E-state index is 11.9. The summed E-state index contributed by atoms with van der Waals surface area (Å²) in [6.45, 7) is 1.27. The predicted octanol–water partition coefficient (Wildman–Crippen LogP) is 4.01. The highest BCUT2D eigenvalue weighted by molar-refractivity contribution is 6.32. The molecular weight excluding hydrogens is 371 g/mol. The average Bonchev–Trinajstić information content (AvgIpc) is 2.56. The Morgan fingerprint density at radius 2 is 1.88 bits per heavy atom. The average molecular weight is 383 g/mol. The van der Waals surface area contributed by atoms with E-state index in [1.165, 1.54) is 12.1 Å². The zero-order valence-electron chi connectivity index (χ0n) is 12.9. The molecule has 0 unspecified atom stereocenters. The fourth-order valence-electron chi connectivity index (χ4n) is 1.86. The van der Waals surface area contributed by atoms with Crippen LogP contribution in [-0.2, 0) is 9.53 Å². The minimum absolute atomic E-state index is 0.0812. The van der Waals surface area contributed by atoms with Crippen LogP contribution >= 0.6 is 23.2 Å². The number of carbonyl (C=O) groups excluding carboxylic acids is 2. The second kappa shape index (κ2) is 7.96. The zero-order valence-corrected chi connectivity index (χ0v) is 14.4. The SMILES string of the molecule is Cc1ccc(NC(=O)COC(=O)c2ccc(Cl)c([N+](=O)[O-])c2)cc1Cl. The largest absolute Gasteiger partial charge is 0.452 e. The summed E-state index contributed by atoms with van der Waals surface area (Å²) in [7, 11) is 0. The van der Waals surface area contributed by atoms with Gasteiger partial charge >= 0.3 is 5.97 Å². The lowest BCUT2D eigenvalue weighted by Gasteiger charge is -2.08. The number of ether oxygens (including phenoxy) is 1. The number of anilines is 1. The van der Waals surface area contributed by atoms with Crippen LogP contribution in [0, 0.1) is 17.0 Å². The number of amides is 1. The van der Waals surface area contributed by atoms with Gasteiger partial charge in [-0.1, -0.05) is 29.3 Å². The van der Waals surface area contributed by atoms with Crippen molar-refractivity contribution in [3.05, 3.63) is 67.7 Å². The van der Waals surface area contributed by atoms with Gasteiger partial charge in [0.25, 0.3) is 11.6 Å². The van der Waals surface area contributed by atoms with Gasteiger partial charge in [-0.15, -0.1) is 0 Å². The molecule has 0 atom stereocenters. The third-order valence-corrected chi connectivity index (χ3v) is 3.90. The molecule has 0 saturated carbocycles. The number of hydrogen-bond acceptors (Lipinski definition) is 5. The number of nitro groups is 1. The van der Waals surface area contributed by atoms with Crippen LogP contribution in [0.25, 0.3) is 0 Å². The molecule has 0 aliphatic heterocycles. The molecule has 25 heavy (non-hydrogen) atoms. The van der Waals surface area contributed by atoms with Crippen molar-refractivity contribution in [2.24, 2.45) is 0 Å². The normalized spacial score (nSPS) is 10.2. The fraction of sp³-hybridized carbons (Fsp3) is 0.125. The van der Waals surface area contributed by atoms with Gasteiger partial charge in [0.1, 0.15) is 5.02 Å². The number of nitro benzene ring substituents is 1. The standard InChI is InChI=1S/C16H12Cl2N2O5/c1-9-2-4-11(7-13(9)18)19-15(21)8-25-16(22)10-3-5-12(17)14(6-10)20(23)24/h2-7H,8H2,1H3,(H,19,21). The molecule has 2 aromatic carbocycles. The van der Waals surface area contributed by atoms with E-state index in [0.29, 0.717) is 10.7 Å². The van der Waals surface area contributed by atoms with E-state index in [1.54, 1.807) is 18.2 Å². The van der Waals surface area contributed by atoms with Crippen LogP contribution in [0.3, 0.4) is 0 Å². The Kier molecular flexibility index (Phi) is 5.95. The van der Waals surface area contributed by atoms with E-state index in [1.807, 2.05) is 6.92 Å². The highest BCUT2D eigenvalue weighted by atomic mass is 35.5. The van der Waals surface area contributed by atoms with Crippen molar-refractivity contribution in [3.8, 4) is 0 Å². The van der Waals surface area contributed by atoms with Crippen molar-refractivity contribution in [1.29, 1.82) is 0 Å². The van der Waals surface area contributed by atoms with Crippen LogP contribution in [-0.4, -0.2) is 23.4 Å². The predicted molar refractivity (Wildman–Crippen MR) is 93.2 cm³/mol. The summed E-state index contributed by atoms with van der Waals surface area (Å²) in [6, 6.07) is 8.43. The molecule has 0 saturated heterocycles. The Morgan fingerprint density at radius 1 is 1.16 bits per heavy atom. The molecule has 0 heterocycles. The van der Waals surface area contributed by atoms with Gasteiger partial charge in [-0.05, 0) is 36.8 Å². The molecule has 0 radical (unpaired) electrons. The first-order valence-corrected chi connectivity index (χ1v) is 7.70. The number of nitrogens with zero attached hydrogens (tertiary/aromatic N) is 1. The van der Waals surface area contributed by atoms with Crippen molar-refractivity contribution < 1.29 is 19.2 Å². The first-order chi connectivity index (χ1) is 11.8. The van der Waals surface area contributed by atoms with Gasteiger partial charge in [-0.2, -0.15) is 0 Å². The van der Waals surface area contributed by atoms with E-state index in [4.69, 9.17) is 27.9 Å². The molecule has 2 aromatic rings. The summed E-state index contributed by atoms with van der Waals surface area (Å²) in [4.78, 5) is 33.8. The third-order valence-electron chi connectivity index (χ3n) is 3.17. The fourth-order valence-corrected chi connectivity index (χ4v) is 2.23.